The van der Waals surface area contributed by atoms with Gasteiger partial charge in [0.2, 0.25) is 23.6 Å². The molecule has 4 atom stereocenters. The zero-order chi connectivity index (χ0) is 36.0. The van der Waals surface area contributed by atoms with Gasteiger partial charge in [-0.2, -0.15) is 0 Å². The minimum Gasteiger partial charge on any atom is -0.274 e. The molecule has 2 saturated heterocycles. The average molecular weight is 701 g/mol. The number of benzene rings is 6. The number of amides is 4. The first-order valence-electron chi connectivity index (χ1n) is 18.8. The molecule has 4 unspecified atom stereocenters. The van der Waals surface area contributed by atoms with Gasteiger partial charge < -0.3 is 0 Å². The van der Waals surface area contributed by atoms with Gasteiger partial charge in [-0.3, -0.25) is 19.2 Å². The molecule has 0 radical (unpaired) electrons. The van der Waals surface area contributed by atoms with Crippen molar-refractivity contribution in [2.75, 3.05) is 9.80 Å². The van der Waals surface area contributed by atoms with Gasteiger partial charge in [-0.15, -0.1) is 0 Å². The normalized spacial score (nSPS) is 27.7. The van der Waals surface area contributed by atoms with Crippen molar-refractivity contribution in [3.63, 3.8) is 0 Å². The molecule has 14 rings (SSSR count). The summed E-state index contributed by atoms with van der Waals surface area (Å²) in [6, 6.07) is 48.2. The van der Waals surface area contributed by atoms with Gasteiger partial charge in [-0.05, 0) is 79.9 Å². The zero-order valence-corrected chi connectivity index (χ0v) is 29.0. The third-order valence-electron chi connectivity index (χ3n) is 13.5. The molecule has 0 saturated carbocycles. The van der Waals surface area contributed by atoms with Crippen molar-refractivity contribution in [1.82, 2.24) is 0 Å². The van der Waals surface area contributed by atoms with Crippen molar-refractivity contribution < 1.29 is 19.2 Å². The lowest BCUT2D eigenvalue weighted by molar-refractivity contribution is -0.124. The Labute approximate surface area is 311 Å². The number of hydrogen-bond acceptors (Lipinski definition) is 4. The summed E-state index contributed by atoms with van der Waals surface area (Å²) in [5.74, 6) is -2.87. The Balaban J connectivity index is 0.833. The number of carbonyl (C=O) groups excluding carboxylic acids is 4. The molecule has 0 spiro atoms. The number of anilines is 2. The van der Waals surface area contributed by atoms with E-state index in [2.05, 4.69) is 48.5 Å². The number of carbonyl (C=O) groups is 4. The smallest absolute Gasteiger partial charge is 0.238 e. The third kappa shape index (κ3) is 3.65. The summed E-state index contributed by atoms with van der Waals surface area (Å²) >= 11 is 0. The van der Waals surface area contributed by atoms with E-state index >= 15 is 0 Å². The molecule has 6 aromatic carbocycles. The number of imide groups is 2. The quantitative estimate of drug-likeness (QED) is 0.175. The molecule has 4 amide bonds. The Morgan fingerprint density at radius 2 is 0.481 bits per heavy atom. The van der Waals surface area contributed by atoms with Gasteiger partial charge in [0, 0.05) is 23.7 Å². The molecule has 0 N–H and O–H groups in total. The molecule has 6 nitrogen and oxygen atoms in total. The van der Waals surface area contributed by atoms with Crippen LogP contribution in [0.25, 0.3) is 11.1 Å². The SMILES string of the molecule is O=C1C2C3c4ccccc4C(c4ccccc43)C2C(=O)N1c1ccc(-c2ccc(N3C(=O)C4C5c6ccccc6C(c6ccccc65)C4C3=O)cc2)cc1. The maximum Gasteiger partial charge on any atom is 0.238 e. The van der Waals surface area contributed by atoms with Crippen LogP contribution in [0.5, 0.6) is 0 Å². The van der Waals surface area contributed by atoms with Crippen molar-refractivity contribution in [2.45, 2.75) is 23.7 Å². The summed E-state index contributed by atoms with van der Waals surface area (Å²) < 4.78 is 0. The van der Waals surface area contributed by atoms with E-state index in [0.29, 0.717) is 11.4 Å². The first kappa shape index (κ1) is 30.1. The Morgan fingerprint density at radius 1 is 0.278 bits per heavy atom. The molecule has 8 aliphatic rings. The van der Waals surface area contributed by atoms with E-state index in [9.17, 15) is 19.2 Å². The molecule has 6 aliphatic carbocycles. The van der Waals surface area contributed by atoms with Crippen molar-refractivity contribution in [1.29, 1.82) is 0 Å². The van der Waals surface area contributed by atoms with E-state index in [0.717, 1.165) is 55.6 Å². The van der Waals surface area contributed by atoms with Crippen molar-refractivity contribution in [2.24, 2.45) is 23.7 Å². The lowest BCUT2D eigenvalue weighted by Gasteiger charge is -2.45. The molecular weight excluding hydrogens is 669 g/mol. The molecule has 4 bridgehead atoms. The zero-order valence-electron chi connectivity index (χ0n) is 29.0. The molecule has 54 heavy (non-hydrogen) atoms. The van der Waals surface area contributed by atoms with Gasteiger partial charge in [0.1, 0.15) is 0 Å². The van der Waals surface area contributed by atoms with Crippen LogP contribution in [-0.4, -0.2) is 23.6 Å². The fourth-order valence-corrected chi connectivity index (χ4v) is 11.5. The van der Waals surface area contributed by atoms with Gasteiger partial charge in [0.05, 0.1) is 35.0 Å². The molecule has 2 aliphatic heterocycles. The highest BCUT2D eigenvalue weighted by atomic mass is 16.2. The standard InChI is InChI=1S/C48H32N2O4/c51-45-41-37-29-9-1-2-10-30(29)38(32-12-4-3-11-31(32)37)42(41)46(52)49(45)27-21-17-25(18-22-27)26-19-23-28(24-20-26)50-47(53)43-39-33-13-5-6-14-34(33)40(44(43)48(50)54)36-16-8-7-15-35(36)39/h1-24,37-44H. The second-order valence-electron chi connectivity index (χ2n) is 15.6. The Hall–Kier alpha value is -6.40. The molecular formula is C48H32N2O4. The predicted octanol–water partition coefficient (Wildman–Crippen LogP) is 8.15. The highest BCUT2D eigenvalue weighted by molar-refractivity contribution is 6.24. The van der Waals surface area contributed by atoms with Gasteiger partial charge in [-0.25, -0.2) is 9.80 Å². The maximum absolute atomic E-state index is 14.2. The van der Waals surface area contributed by atoms with E-state index in [-0.39, 0.29) is 47.3 Å². The number of rotatable bonds is 3. The van der Waals surface area contributed by atoms with Crippen LogP contribution in [0.15, 0.2) is 146 Å². The first-order valence-corrected chi connectivity index (χ1v) is 18.8. The molecule has 2 heterocycles. The summed E-state index contributed by atoms with van der Waals surface area (Å²) in [5, 5.41) is 0. The van der Waals surface area contributed by atoms with E-state index in [1.54, 1.807) is 0 Å². The van der Waals surface area contributed by atoms with Crippen molar-refractivity contribution in [3.05, 3.63) is 190 Å². The van der Waals surface area contributed by atoms with E-state index < -0.39 is 23.7 Å². The fourth-order valence-electron chi connectivity index (χ4n) is 11.5. The molecule has 6 aromatic rings. The topological polar surface area (TPSA) is 74.8 Å². The fraction of sp³-hybridized carbons (Fsp3) is 0.167. The summed E-state index contributed by atoms with van der Waals surface area (Å²) in [5.41, 5.74) is 12.2. The third-order valence-corrected chi connectivity index (χ3v) is 13.5. The second kappa shape index (κ2) is 10.6. The highest BCUT2D eigenvalue weighted by Crippen LogP contribution is 2.63. The summed E-state index contributed by atoms with van der Waals surface area (Å²) in [7, 11) is 0. The Morgan fingerprint density at radius 3 is 0.685 bits per heavy atom. The van der Waals surface area contributed by atoms with Crippen LogP contribution >= 0.6 is 0 Å². The van der Waals surface area contributed by atoms with Crippen LogP contribution in [0, 0.1) is 23.7 Å². The summed E-state index contributed by atoms with van der Waals surface area (Å²) in [6.45, 7) is 0. The molecule has 2 fully saturated rings. The van der Waals surface area contributed by atoms with Crippen LogP contribution in [0.2, 0.25) is 0 Å². The maximum atomic E-state index is 14.2. The van der Waals surface area contributed by atoms with E-state index in [4.69, 9.17) is 0 Å². The predicted molar refractivity (Wildman–Crippen MR) is 204 cm³/mol. The van der Waals surface area contributed by atoms with Crippen LogP contribution in [0.3, 0.4) is 0 Å². The van der Waals surface area contributed by atoms with Crippen LogP contribution < -0.4 is 9.80 Å². The number of nitrogens with zero attached hydrogens (tertiary/aromatic N) is 2. The largest absolute Gasteiger partial charge is 0.274 e. The first-order chi connectivity index (χ1) is 26.5. The highest BCUT2D eigenvalue weighted by Gasteiger charge is 2.63. The molecule has 6 heteroatoms. The van der Waals surface area contributed by atoms with Crippen LogP contribution in [0.4, 0.5) is 11.4 Å². The van der Waals surface area contributed by atoms with Gasteiger partial charge >= 0.3 is 0 Å². The van der Waals surface area contributed by atoms with Crippen LogP contribution in [0.1, 0.15) is 68.2 Å². The lowest BCUT2D eigenvalue weighted by Crippen LogP contribution is -2.41. The molecule has 0 aromatic heterocycles. The monoisotopic (exact) mass is 700 g/mol. The Bertz CT molecular complexity index is 2250. The van der Waals surface area contributed by atoms with E-state index in [1.165, 1.54) is 9.80 Å². The van der Waals surface area contributed by atoms with Gasteiger partial charge in [0.25, 0.3) is 0 Å². The lowest BCUT2D eigenvalue weighted by atomic mass is 9.55. The summed E-state index contributed by atoms with van der Waals surface area (Å²) in [6.07, 6.45) is 0. The summed E-state index contributed by atoms with van der Waals surface area (Å²) in [4.78, 5) is 59.8. The van der Waals surface area contributed by atoms with Crippen molar-refractivity contribution in [3.8, 4) is 11.1 Å². The second-order valence-corrected chi connectivity index (χ2v) is 15.6. The molecule has 258 valence electrons. The Kier molecular flexibility index (Phi) is 5.91. The van der Waals surface area contributed by atoms with Gasteiger partial charge in [0.15, 0.2) is 0 Å². The van der Waals surface area contributed by atoms with Crippen LogP contribution in [-0.2, 0) is 19.2 Å². The average Bonchev–Trinajstić information content (AvgIpc) is 3.65. The van der Waals surface area contributed by atoms with Crippen molar-refractivity contribution >= 4 is 35.0 Å². The van der Waals surface area contributed by atoms with E-state index in [1.807, 2.05) is 97.1 Å². The van der Waals surface area contributed by atoms with Gasteiger partial charge in [-0.1, -0.05) is 121 Å². The minimum absolute atomic E-state index is 0.138. The minimum atomic E-state index is -0.433. The number of hydrogen-bond donors (Lipinski definition) is 0.